The first-order valence-electron chi connectivity index (χ1n) is 8.23. The van der Waals surface area contributed by atoms with Crippen LogP contribution < -0.4 is 14.8 Å². The monoisotopic (exact) mass is 351 g/mol. The number of aromatic amines is 1. The number of rotatable bonds is 6. The van der Waals surface area contributed by atoms with Gasteiger partial charge in [0.1, 0.15) is 5.69 Å². The molecule has 1 aromatic heterocycles. The van der Waals surface area contributed by atoms with E-state index in [1.54, 1.807) is 14.2 Å². The number of aromatic nitrogens is 2. The molecule has 0 atom stereocenters. The molecule has 0 bridgehead atoms. The van der Waals surface area contributed by atoms with Gasteiger partial charge in [0.2, 0.25) is 5.91 Å². The number of nitrogens with one attached hydrogen (secondary N) is 2. The van der Waals surface area contributed by atoms with Crippen molar-refractivity contribution < 1.29 is 14.3 Å². The van der Waals surface area contributed by atoms with Crippen molar-refractivity contribution in [3.8, 4) is 22.8 Å². The molecule has 3 rings (SSSR count). The Morgan fingerprint density at radius 1 is 1.08 bits per heavy atom. The molecule has 0 saturated carbocycles. The van der Waals surface area contributed by atoms with Gasteiger partial charge in [-0.25, -0.2) is 0 Å². The van der Waals surface area contributed by atoms with Crippen LogP contribution >= 0.6 is 0 Å². The topological polar surface area (TPSA) is 76.2 Å². The maximum atomic E-state index is 12.4. The normalized spacial score (nSPS) is 10.4. The third-order valence-corrected chi connectivity index (χ3v) is 4.08. The largest absolute Gasteiger partial charge is 0.493 e. The highest BCUT2D eigenvalue weighted by molar-refractivity contribution is 5.96. The molecule has 0 saturated heterocycles. The molecule has 1 heterocycles. The number of anilines is 1. The third kappa shape index (κ3) is 3.69. The number of H-pyrrole nitrogens is 1. The number of hydrogen-bond acceptors (Lipinski definition) is 4. The number of carbonyl (C=O) groups excluding carboxylic acids is 1. The molecule has 3 aromatic rings. The van der Waals surface area contributed by atoms with Crippen LogP contribution in [0, 0.1) is 6.92 Å². The summed E-state index contributed by atoms with van der Waals surface area (Å²) < 4.78 is 10.6. The van der Waals surface area contributed by atoms with Crippen molar-refractivity contribution in [2.24, 2.45) is 0 Å². The van der Waals surface area contributed by atoms with Crippen LogP contribution in [-0.2, 0) is 11.2 Å². The Labute approximate surface area is 152 Å². The number of hydrogen-bond donors (Lipinski definition) is 2. The quantitative estimate of drug-likeness (QED) is 0.712. The fraction of sp³-hybridized carbons (Fsp3) is 0.200. The first-order chi connectivity index (χ1) is 12.6. The summed E-state index contributed by atoms with van der Waals surface area (Å²) in [7, 11) is 3.17. The van der Waals surface area contributed by atoms with Gasteiger partial charge in [-0.3, -0.25) is 9.89 Å². The molecule has 6 nitrogen and oxygen atoms in total. The van der Waals surface area contributed by atoms with Gasteiger partial charge in [0, 0.05) is 5.56 Å². The van der Waals surface area contributed by atoms with Crippen LogP contribution in [0.2, 0.25) is 0 Å². The highest BCUT2D eigenvalue weighted by Crippen LogP contribution is 2.35. The summed E-state index contributed by atoms with van der Waals surface area (Å²) in [5.41, 5.74) is 3.89. The number of carbonyl (C=O) groups is 1. The summed E-state index contributed by atoms with van der Waals surface area (Å²) in [4.78, 5) is 12.4. The molecule has 6 heteroatoms. The Morgan fingerprint density at radius 2 is 1.81 bits per heavy atom. The van der Waals surface area contributed by atoms with Crippen LogP contribution in [0.4, 0.5) is 5.69 Å². The number of ether oxygens (including phenoxy) is 2. The summed E-state index contributed by atoms with van der Waals surface area (Å²) in [6.07, 6.45) is 0.302. The molecule has 0 aliphatic heterocycles. The second-order valence-electron chi connectivity index (χ2n) is 5.85. The minimum atomic E-state index is -0.0950. The molecule has 0 fully saturated rings. The Kier molecular flexibility index (Phi) is 5.22. The zero-order valence-electron chi connectivity index (χ0n) is 15.0. The van der Waals surface area contributed by atoms with E-state index in [9.17, 15) is 4.79 Å². The summed E-state index contributed by atoms with van der Waals surface area (Å²) in [5.74, 6) is 1.15. The Bertz CT molecular complexity index is 904. The van der Waals surface area contributed by atoms with E-state index in [0.29, 0.717) is 29.3 Å². The van der Waals surface area contributed by atoms with Gasteiger partial charge < -0.3 is 14.8 Å². The van der Waals surface area contributed by atoms with Crippen molar-refractivity contribution >= 4 is 11.6 Å². The lowest BCUT2D eigenvalue weighted by Crippen LogP contribution is -2.15. The lowest BCUT2D eigenvalue weighted by atomic mass is 10.1. The minimum Gasteiger partial charge on any atom is -0.493 e. The zero-order valence-corrected chi connectivity index (χ0v) is 15.0. The van der Waals surface area contributed by atoms with Crippen molar-refractivity contribution in [1.82, 2.24) is 10.2 Å². The minimum absolute atomic E-state index is 0.0950. The standard InChI is InChI=1S/C20H21N3O3/c1-13-19(21-18(24)11-14-7-5-4-6-8-14)20(23-22-13)15-9-10-16(25-2)17(12-15)26-3/h4-10,12H,11H2,1-3H3,(H,21,24)(H,22,23). The van der Waals surface area contributed by atoms with Gasteiger partial charge in [-0.2, -0.15) is 5.10 Å². The van der Waals surface area contributed by atoms with Crippen molar-refractivity contribution in [3.63, 3.8) is 0 Å². The molecule has 0 radical (unpaired) electrons. The van der Waals surface area contributed by atoms with Crippen molar-refractivity contribution in [3.05, 3.63) is 59.8 Å². The lowest BCUT2D eigenvalue weighted by molar-refractivity contribution is -0.115. The second kappa shape index (κ2) is 7.74. The van der Waals surface area contributed by atoms with E-state index in [2.05, 4.69) is 15.5 Å². The maximum absolute atomic E-state index is 12.4. The molecule has 26 heavy (non-hydrogen) atoms. The van der Waals surface area contributed by atoms with E-state index in [1.807, 2.05) is 55.5 Å². The average molecular weight is 351 g/mol. The highest BCUT2D eigenvalue weighted by atomic mass is 16.5. The Hall–Kier alpha value is -3.28. The second-order valence-corrected chi connectivity index (χ2v) is 5.85. The molecule has 2 N–H and O–H groups in total. The van der Waals surface area contributed by atoms with Gasteiger partial charge in [0.15, 0.2) is 11.5 Å². The number of methoxy groups -OCH3 is 2. The summed E-state index contributed by atoms with van der Waals surface area (Å²) >= 11 is 0. The van der Waals surface area contributed by atoms with Crippen LogP contribution in [-0.4, -0.2) is 30.3 Å². The summed E-state index contributed by atoms with van der Waals surface area (Å²) in [6, 6.07) is 15.1. The number of benzene rings is 2. The van der Waals surface area contributed by atoms with E-state index >= 15 is 0 Å². The van der Waals surface area contributed by atoms with E-state index in [1.165, 1.54) is 0 Å². The average Bonchev–Trinajstić information content (AvgIpc) is 3.02. The number of amides is 1. The molecular weight excluding hydrogens is 330 g/mol. The first-order valence-corrected chi connectivity index (χ1v) is 8.23. The summed E-state index contributed by atoms with van der Waals surface area (Å²) in [5, 5.41) is 10.2. The van der Waals surface area contributed by atoms with Crippen molar-refractivity contribution in [2.75, 3.05) is 19.5 Å². The van der Waals surface area contributed by atoms with Gasteiger partial charge >= 0.3 is 0 Å². The van der Waals surface area contributed by atoms with E-state index < -0.39 is 0 Å². The first kappa shape index (κ1) is 17.5. The molecule has 0 spiro atoms. The molecule has 2 aromatic carbocycles. The summed E-state index contributed by atoms with van der Waals surface area (Å²) in [6.45, 7) is 1.87. The molecule has 1 amide bonds. The van der Waals surface area contributed by atoms with E-state index in [0.717, 1.165) is 16.8 Å². The lowest BCUT2D eigenvalue weighted by Gasteiger charge is -2.10. The van der Waals surface area contributed by atoms with Gasteiger partial charge in [0.05, 0.1) is 32.0 Å². The van der Waals surface area contributed by atoms with Gasteiger partial charge in [0.25, 0.3) is 0 Å². The van der Waals surface area contributed by atoms with Crippen LogP contribution in [0.15, 0.2) is 48.5 Å². The number of aryl methyl sites for hydroxylation is 1. The Morgan fingerprint density at radius 3 is 2.50 bits per heavy atom. The fourth-order valence-electron chi connectivity index (χ4n) is 2.74. The highest BCUT2D eigenvalue weighted by Gasteiger charge is 2.17. The van der Waals surface area contributed by atoms with Crippen LogP contribution in [0.1, 0.15) is 11.3 Å². The van der Waals surface area contributed by atoms with E-state index in [-0.39, 0.29) is 5.91 Å². The molecule has 0 unspecified atom stereocenters. The van der Waals surface area contributed by atoms with E-state index in [4.69, 9.17) is 9.47 Å². The SMILES string of the molecule is COc1ccc(-c2n[nH]c(C)c2NC(=O)Cc2ccccc2)cc1OC. The zero-order chi connectivity index (χ0) is 18.5. The van der Waals surface area contributed by atoms with Gasteiger partial charge in [-0.1, -0.05) is 30.3 Å². The molecule has 0 aliphatic carbocycles. The van der Waals surface area contributed by atoms with Gasteiger partial charge in [-0.05, 0) is 30.7 Å². The van der Waals surface area contributed by atoms with Gasteiger partial charge in [-0.15, -0.1) is 0 Å². The third-order valence-electron chi connectivity index (χ3n) is 4.08. The fourth-order valence-corrected chi connectivity index (χ4v) is 2.74. The predicted molar refractivity (Wildman–Crippen MR) is 101 cm³/mol. The predicted octanol–water partition coefficient (Wildman–Crippen LogP) is 3.58. The van der Waals surface area contributed by atoms with Crippen LogP contribution in [0.3, 0.4) is 0 Å². The Balaban J connectivity index is 1.86. The maximum Gasteiger partial charge on any atom is 0.228 e. The molecule has 134 valence electrons. The smallest absolute Gasteiger partial charge is 0.228 e. The number of nitrogens with zero attached hydrogens (tertiary/aromatic N) is 1. The molecule has 0 aliphatic rings. The van der Waals surface area contributed by atoms with Crippen LogP contribution in [0.25, 0.3) is 11.3 Å². The molecular formula is C20H21N3O3. The van der Waals surface area contributed by atoms with Crippen LogP contribution in [0.5, 0.6) is 11.5 Å². The van der Waals surface area contributed by atoms with Crippen molar-refractivity contribution in [2.45, 2.75) is 13.3 Å². The van der Waals surface area contributed by atoms with Crippen molar-refractivity contribution in [1.29, 1.82) is 0 Å².